The first-order valence-corrected chi connectivity index (χ1v) is 9.01. The van der Waals surface area contributed by atoms with Gasteiger partial charge in [0.25, 0.3) is 0 Å². The number of carbonyl (C=O) groups excluding carboxylic acids is 1. The van der Waals surface area contributed by atoms with Gasteiger partial charge in [-0.15, -0.1) is 11.3 Å². The van der Waals surface area contributed by atoms with Crippen LogP contribution in [0.25, 0.3) is 0 Å². The second-order valence-electron chi connectivity index (χ2n) is 5.28. The van der Waals surface area contributed by atoms with Gasteiger partial charge >= 0.3 is 5.97 Å². The summed E-state index contributed by atoms with van der Waals surface area (Å²) in [6.07, 6.45) is 1.62. The smallest absolute Gasteiger partial charge is 0.338 e. The summed E-state index contributed by atoms with van der Waals surface area (Å²) >= 11 is 7.54. The van der Waals surface area contributed by atoms with Crippen LogP contribution in [-0.2, 0) is 9.53 Å². The average molecular weight is 396 g/mol. The molecule has 0 radical (unpaired) electrons. The van der Waals surface area contributed by atoms with Gasteiger partial charge in [-0.05, 0) is 19.1 Å². The second kappa shape index (κ2) is 7.94. The number of halogens is 2. The zero-order valence-corrected chi connectivity index (χ0v) is 15.3. The van der Waals surface area contributed by atoms with Crippen molar-refractivity contribution >= 4 is 34.7 Å². The summed E-state index contributed by atoms with van der Waals surface area (Å²) in [6.45, 7) is 1.40. The number of benzene rings is 1. The van der Waals surface area contributed by atoms with Crippen molar-refractivity contribution in [3.8, 4) is 0 Å². The quantitative estimate of drug-likeness (QED) is 0.760. The maximum absolute atomic E-state index is 13.4. The number of aliphatic hydroxyl groups excluding tert-OH is 1. The SMILES string of the molecule is CCOC(=O)C1=C(CO)NC(c2nccs2)=NC1c1ccc(F)cc1Cl. The lowest BCUT2D eigenvalue weighted by atomic mass is 9.95. The molecule has 0 saturated carbocycles. The molecule has 1 atom stereocenters. The molecule has 136 valence electrons. The molecular weight excluding hydrogens is 381 g/mol. The van der Waals surface area contributed by atoms with Crippen molar-refractivity contribution in [2.24, 2.45) is 4.99 Å². The van der Waals surface area contributed by atoms with Gasteiger partial charge in [-0.3, -0.25) is 4.99 Å². The van der Waals surface area contributed by atoms with Gasteiger partial charge in [0, 0.05) is 22.2 Å². The van der Waals surface area contributed by atoms with Crippen molar-refractivity contribution in [2.75, 3.05) is 13.2 Å². The number of ether oxygens (including phenoxy) is 1. The molecule has 2 N–H and O–H groups in total. The van der Waals surface area contributed by atoms with Gasteiger partial charge in [-0.1, -0.05) is 17.7 Å². The number of hydrogen-bond donors (Lipinski definition) is 2. The second-order valence-corrected chi connectivity index (χ2v) is 6.58. The lowest BCUT2D eigenvalue weighted by Crippen LogP contribution is -2.35. The number of hydrogen-bond acceptors (Lipinski definition) is 7. The standard InChI is InChI=1S/C17H15ClFN3O3S/c1-2-25-17(24)13-12(8-23)21-15(16-20-5-6-26-16)22-14(13)10-4-3-9(19)7-11(10)18/h3-7,14,23H,2,8H2,1H3,(H,21,22). The predicted molar refractivity (Wildman–Crippen MR) is 96.7 cm³/mol. The number of amidine groups is 1. The summed E-state index contributed by atoms with van der Waals surface area (Å²) in [6, 6.07) is 3.00. The van der Waals surface area contributed by atoms with E-state index in [0.29, 0.717) is 16.4 Å². The summed E-state index contributed by atoms with van der Waals surface area (Å²) in [5, 5.41) is 15.2. The predicted octanol–water partition coefficient (Wildman–Crippen LogP) is 2.84. The lowest BCUT2D eigenvalue weighted by Gasteiger charge is -2.26. The minimum Gasteiger partial charge on any atom is -0.463 e. The first-order valence-electron chi connectivity index (χ1n) is 7.75. The molecular formula is C17H15ClFN3O3S. The Bertz CT molecular complexity index is 883. The number of rotatable bonds is 5. The normalized spacial score (nSPS) is 16.9. The Morgan fingerprint density at radius 2 is 2.31 bits per heavy atom. The number of nitrogens with zero attached hydrogens (tertiary/aromatic N) is 2. The third-order valence-electron chi connectivity index (χ3n) is 3.67. The van der Waals surface area contributed by atoms with Crippen molar-refractivity contribution in [1.29, 1.82) is 0 Å². The molecule has 9 heteroatoms. The molecule has 3 rings (SSSR count). The van der Waals surface area contributed by atoms with E-state index in [1.54, 1.807) is 18.5 Å². The number of esters is 1. The van der Waals surface area contributed by atoms with Crippen LogP contribution >= 0.6 is 22.9 Å². The third kappa shape index (κ3) is 3.62. The van der Waals surface area contributed by atoms with E-state index < -0.39 is 24.4 Å². The monoisotopic (exact) mass is 395 g/mol. The Hall–Kier alpha value is -2.29. The highest BCUT2D eigenvalue weighted by Crippen LogP contribution is 2.36. The fourth-order valence-corrected chi connectivity index (χ4v) is 3.43. The number of aliphatic imine (C=N–C) groups is 1. The number of aromatic nitrogens is 1. The molecule has 0 bridgehead atoms. The topological polar surface area (TPSA) is 83.8 Å². The summed E-state index contributed by atoms with van der Waals surface area (Å²) in [5.41, 5.74) is 0.801. The minimum atomic E-state index is -0.857. The highest BCUT2D eigenvalue weighted by molar-refractivity contribution is 7.11. The van der Waals surface area contributed by atoms with E-state index in [9.17, 15) is 14.3 Å². The van der Waals surface area contributed by atoms with Crippen molar-refractivity contribution in [1.82, 2.24) is 10.3 Å². The largest absolute Gasteiger partial charge is 0.463 e. The van der Waals surface area contributed by atoms with Crippen LogP contribution in [0.3, 0.4) is 0 Å². The van der Waals surface area contributed by atoms with Crippen LogP contribution in [0.1, 0.15) is 23.5 Å². The zero-order valence-electron chi connectivity index (χ0n) is 13.7. The summed E-state index contributed by atoms with van der Waals surface area (Å²) in [4.78, 5) is 21.2. The van der Waals surface area contributed by atoms with Gasteiger partial charge in [-0.25, -0.2) is 14.2 Å². The third-order valence-corrected chi connectivity index (χ3v) is 4.78. The summed E-state index contributed by atoms with van der Waals surface area (Å²) in [5.74, 6) is -0.736. The Morgan fingerprint density at radius 3 is 2.92 bits per heavy atom. The zero-order chi connectivity index (χ0) is 18.7. The van der Waals surface area contributed by atoms with Gasteiger partial charge in [0.15, 0.2) is 10.8 Å². The summed E-state index contributed by atoms with van der Waals surface area (Å²) in [7, 11) is 0. The van der Waals surface area contributed by atoms with E-state index in [1.807, 2.05) is 0 Å². The molecule has 0 amide bonds. The maximum Gasteiger partial charge on any atom is 0.338 e. The minimum absolute atomic E-state index is 0.123. The van der Waals surface area contributed by atoms with Crippen LogP contribution in [0, 0.1) is 5.82 Å². The molecule has 0 spiro atoms. The molecule has 1 unspecified atom stereocenters. The van der Waals surface area contributed by atoms with Crippen LogP contribution in [0.5, 0.6) is 0 Å². The van der Waals surface area contributed by atoms with Crippen molar-refractivity contribution in [3.05, 3.63) is 62.5 Å². The molecule has 1 aliphatic rings. The number of nitrogens with one attached hydrogen (secondary N) is 1. The molecule has 1 aromatic heterocycles. The molecule has 1 aliphatic heterocycles. The fraction of sp³-hybridized carbons (Fsp3) is 0.235. The Balaban J connectivity index is 2.15. The van der Waals surface area contributed by atoms with Crippen LogP contribution in [0.4, 0.5) is 4.39 Å². The lowest BCUT2D eigenvalue weighted by molar-refractivity contribution is -0.139. The molecule has 0 aliphatic carbocycles. The first kappa shape index (κ1) is 18.5. The number of aliphatic hydroxyl groups is 1. The molecule has 0 fully saturated rings. The highest BCUT2D eigenvalue weighted by Gasteiger charge is 2.33. The van der Waals surface area contributed by atoms with Crippen molar-refractivity contribution < 1.29 is 19.0 Å². The highest BCUT2D eigenvalue weighted by atomic mass is 35.5. The molecule has 26 heavy (non-hydrogen) atoms. The van der Waals surface area contributed by atoms with Gasteiger partial charge in [0.1, 0.15) is 11.9 Å². The Morgan fingerprint density at radius 1 is 1.50 bits per heavy atom. The van der Waals surface area contributed by atoms with Gasteiger partial charge < -0.3 is 15.2 Å². The van der Waals surface area contributed by atoms with Gasteiger partial charge in [0.2, 0.25) is 0 Å². The van der Waals surface area contributed by atoms with Crippen molar-refractivity contribution in [2.45, 2.75) is 13.0 Å². The molecule has 2 aromatic rings. The Kier molecular flexibility index (Phi) is 5.65. The number of thiazole rings is 1. The van der Waals surface area contributed by atoms with Gasteiger partial charge in [0.05, 0.1) is 24.5 Å². The van der Waals surface area contributed by atoms with E-state index in [0.717, 1.165) is 6.07 Å². The van der Waals surface area contributed by atoms with Crippen LogP contribution in [-0.4, -0.2) is 35.1 Å². The number of carbonyl (C=O) groups is 1. The van der Waals surface area contributed by atoms with E-state index in [2.05, 4.69) is 15.3 Å². The molecule has 1 aromatic carbocycles. The van der Waals surface area contributed by atoms with E-state index in [1.165, 1.54) is 23.5 Å². The van der Waals surface area contributed by atoms with E-state index in [4.69, 9.17) is 16.3 Å². The molecule has 0 saturated heterocycles. The maximum atomic E-state index is 13.4. The van der Waals surface area contributed by atoms with E-state index in [-0.39, 0.29) is 22.9 Å². The first-order chi connectivity index (χ1) is 12.5. The van der Waals surface area contributed by atoms with Crippen LogP contribution in [0.15, 0.2) is 46.0 Å². The average Bonchev–Trinajstić information content (AvgIpc) is 3.15. The van der Waals surface area contributed by atoms with Crippen LogP contribution in [0.2, 0.25) is 5.02 Å². The van der Waals surface area contributed by atoms with Crippen molar-refractivity contribution in [3.63, 3.8) is 0 Å². The summed E-state index contributed by atoms with van der Waals surface area (Å²) < 4.78 is 18.6. The molecule has 2 heterocycles. The molecule has 6 nitrogen and oxygen atoms in total. The fourth-order valence-electron chi connectivity index (χ4n) is 2.57. The van der Waals surface area contributed by atoms with Crippen LogP contribution < -0.4 is 5.32 Å². The Labute approximate surface area is 158 Å². The van der Waals surface area contributed by atoms with E-state index >= 15 is 0 Å². The van der Waals surface area contributed by atoms with Gasteiger partial charge in [-0.2, -0.15) is 0 Å².